The second kappa shape index (κ2) is 5.28. The summed E-state index contributed by atoms with van der Waals surface area (Å²) in [6.07, 6.45) is 3.91. The van der Waals surface area contributed by atoms with Crippen molar-refractivity contribution in [3.05, 3.63) is 65.6 Å². The first-order valence-corrected chi connectivity index (χ1v) is 7.17. The Balaban J connectivity index is 1.86. The van der Waals surface area contributed by atoms with Crippen molar-refractivity contribution in [2.45, 2.75) is 13.3 Å². The Hall–Kier alpha value is -3.09. The Morgan fingerprint density at radius 1 is 1.17 bits per heavy atom. The van der Waals surface area contributed by atoms with Crippen molar-refractivity contribution in [3.8, 4) is 11.6 Å². The Labute approximate surface area is 131 Å². The van der Waals surface area contributed by atoms with E-state index >= 15 is 0 Å². The van der Waals surface area contributed by atoms with E-state index in [1.165, 1.54) is 6.07 Å². The van der Waals surface area contributed by atoms with Crippen LogP contribution < -0.4 is 0 Å². The fourth-order valence-corrected chi connectivity index (χ4v) is 2.54. The first-order chi connectivity index (χ1) is 11.2. The molecular formula is C16H13FN6. The molecule has 1 aromatic carbocycles. The van der Waals surface area contributed by atoms with Crippen LogP contribution in [0.4, 0.5) is 4.39 Å². The van der Waals surface area contributed by atoms with Gasteiger partial charge in [-0.25, -0.2) is 19.3 Å². The zero-order valence-corrected chi connectivity index (χ0v) is 12.4. The Morgan fingerprint density at radius 3 is 2.83 bits per heavy atom. The molecule has 114 valence electrons. The van der Waals surface area contributed by atoms with Crippen molar-refractivity contribution < 1.29 is 4.39 Å². The molecule has 4 rings (SSSR count). The van der Waals surface area contributed by atoms with Gasteiger partial charge in [0.05, 0.1) is 5.69 Å². The van der Waals surface area contributed by atoms with E-state index in [0.29, 0.717) is 40.8 Å². The normalized spacial score (nSPS) is 11.2. The van der Waals surface area contributed by atoms with Gasteiger partial charge in [0.25, 0.3) is 0 Å². The molecular weight excluding hydrogens is 295 g/mol. The topological polar surface area (TPSA) is 71.8 Å². The van der Waals surface area contributed by atoms with E-state index in [2.05, 4.69) is 25.1 Å². The standard InChI is InChI=1S/C16H13FN6/c1-10-19-14(22-21-10)16-20-13(15-18-7-4-8-23(15)16)9-11-5-2-3-6-12(11)17/h2-8H,9H2,1H3,(H,19,21,22). The summed E-state index contributed by atoms with van der Waals surface area (Å²) >= 11 is 0. The van der Waals surface area contributed by atoms with Gasteiger partial charge in [-0.2, -0.15) is 5.10 Å². The second-order valence-electron chi connectivity index (χ2n) is 5.19. The fraction of sp³-hybridized carbons (Fsp3) is 0.125. The fourth-order valence-electron chi connectivity index (χ4n) is 2.54. The molecule has 4 aromatic rings. The van der Waals surface area contributed by atoms with Gasteiger partial charge < -0.3 is 0 Å². The Kier molecular flexibility index (Phi) is 3.11. The summed E-state index contributed by atoms with van der Waals surface area (Å²) in [5.41, 5.74) is 1.96. The molecule has 0 atom stereocenters. The number of nitrogens with one attached hydrogen (secondary N) is 1. The van der Waals surface area contributed by atoms with Crippen molar-refractivity contribution >= 4 is 5.65 Å². The van der Waals surface area contributed by atoms with Crippen LogP contribution in [0, 0.1) is 12.7 Å². The van der Waals surface area contributed by atoms with Crippen LogP contribution in [0.1, 0.15) is 17.1 Å². The predicted octanol–water partition coefficient (Wildman–Crippen LogP) is 2.55. The molecule has 0 saturated carbocycles. The molecule has 0 aliphatic carbocycles. The molecule has 0 amide bonds. The maximum absolute atomic E-state index is 13.9. The van der Waals surface area contributed by atoms with Crippen molar-refractivity contribution in [3.63, 3.8) is 0 Å². The van der Waals surface area contributed by atoms with Gasteiger partial charge >= 0.3 is 0 Å². The average molecular weight is 308 g/mol. The summed E-state index contributed by atoms with van der Waals surface area (Å²) in [6.45, 7) is 1.80. The summed E-state index contributed by atoms with van der Waals surface area (Å²) in [6, 6.07) is 8.49. The second-order valence-corrected chi connectivity index (χ2v) is 5.19. The quantitative estimate of drug-likeness (QED) is 0.631. The molecule has 6 nitrogen and oxygen atoms in total. The molecule has 7 heteroatoms. The molecule has 3 heterocycles. The van der Waals surface area contributed by atoms with Crippen LogP contribution in [0.5, 0.6) is 0 Å². The smallest absolute Gasteiger partial charge is 0.192 e. The number of rotatable bonds is 3. The summed E-state index contributed by atoms with van der Waals surface area (Å²) in [5.74, 6) is 1.56. The molecule has 0 spiro atoms. The van der Waals surface area contributed by atoms with Crippen LogP contribution in [-0.2, 0) is 6.42 Å². The molecule has 0 unspecified atom stereocenters. The van der Waals surface area contributed by atoms with Crippen molar-refractivity contribution in [2.24, 2.45) is 0 Å². The van der Waals surface area contributed by atoms with E-state index < -0.39 is 0 Å². The summed E-state index contributed by atoms with van der Waals surface area (Å²) < 4.78 is 15.8. The highest BCUT2D eigenvalue weighted by molar-refractivity contribution is 5.57. The highest BCUT2D eigenvalue weighted by Gasteiger charge is 2.17. The van der Waals surface area contributed by atoms with Gasteiger partial charge in [-0.05, 0) is 24.6 Å². The number of H-pyrrole nitrogens is 1. The summed E-state index contributed by atoms with van der Waals surface area (Å²) in [4.78, 5) is 13.3. The monoisotopic (exact) mass is 308 g/mol. The van der Waals surface area contributed by atoms with E-state index in [1.54, 1.807) is 25.3 Å². The lowest BCUT2D eigenvalue weighted by Crippen LogP contribution is -1.94. The number of fused-ring (bicyclic) bond motifs is 1. The van der Waals surface area contributed by atoms with E-state index in [9.17, 15) is 4.39 Å². The van der Waals surface area contributed by atoms with Crippen molar-refractivity contribution in [2.75, 3.05) is 0 Å². The van der Waals surface area contributed by atoms with Gasteiger partial charge in [-0.3, -0.25) is 9.50 Å². The minimum atomic E-state index is -0.248. The van der Waals surface area contributed by atoms with Crippen LogP contribution >= 0.6 is 0 Å². The number of imidazole rings is 1. The minimum Gasteiger partial charge on any atom is -0.281 e. The van der Waals surface area contributed by atoms with Gasteiger partial charge in [0, 0.05) is 18.8 Å². The molecule has 0 aliphatic heterocycles. The summed E-state index contributed by atoms with van der Waals surface area (Å²) in [7, 11) is 0. The van der Waals surface area contributed by atoms with Crippen LogP contribution in [0.15, 0.2) is 42.7 Å². The van der Waals surface area contributed by atoms with Gasteiger partial charge in [-0.1, -0.05) is 18.2 Å². The number of benzene rings is 1. The van der Waals surface area contributed by atoms with E-state index in [-0.39, 0.29) is 5.82 Å². The van der Waals surface area contributed by atoms with E-state index in [0.717, 1.165) is 0 Å². The Bertz CT molecular complexity index is 987. The lowest BCUT2D eigenvalue weighted by Gasteiger charge is -2.00. The van der Waals surface area contributed by atoms with E-state index in [4.69, 9.17) is 0 Å². The third-order valence-corrected chi connectivity index (χ3v) is 3.60. The molecule has 3 aromatic heterocycles. The minimum absolute atomic E-state index is 0.248. The number of aromatic amines is 1. The number of hydrogen-bond acceptors (Lipinski definition) is 4. The molecule has 0 fully saturated rings. The number of halogens is 1. The van der Waals surface area contributed by atoms with Crippen LogP contribution in [0.25, 0.3) is 17.3 Å². The summed E-state index contributed by atoms with van der Waals surface area (Å²) in [5, 5.41) is 6.89. The lowest BCUT2D eigenvalue weighted by molar-refractivity contribution is 0.613. The maximum Gasteiger partial charge on any atom is 0.192 e. The maximum atomic E-state index is 13.9. The number of hydrogen-bond donors (Lipinski definition) is 1. The highest BCUT2D eigenvalue weighted by atomic mass is 19.1. The number of aryl methyl sites for hydroxylation is 1. The molecule has 0 aliphatic rings. The number of aromatic nitrogens is 6. The Morgan fingerprint density at radius 2 is 2.04 bits per heavy atom. The zero-order chi connectivity index (χ0) is 15.8. The van der Waals surface area contributed by atoms with Crippen LogP contribution in [0.3, 0.4) is 0 Å². The average Bonchev–Trinajstić information content (AvgIpc) is 3.14. The molecule has 0 saturated heterocycles. The van der Waals surface area contributed by atoms with Crippen molar-refractivity contribution in [1.29, 1.82) is 0 Å². The zero-order valence-electron chi connectivity index (χ0n) is 12.4. The predicted molar refractivity (Wildman–Crippen MR) is 82.3 cm³/mol. The lowest BCUT2D eigenvalue weighted by atomic mass is 10.1. The van der Waals surface area contributed by atoms with Crippen LogP contribution in [0.2, 0.25) is 0 Å². The first-order valence-electron chi connectivity index (χ1n) is 7.17. The highest BCUT2D eigenvalue weighted by Crippen LogP contribution is 2.21. The van der Waals surface area contributed by atoms with Crippen LogP contribution in [-0.4, -0.2) is 29.5 Å². The third kappa shape index (κ3) is 2.36. The SMILES string of the molecule is Cc1n[nH]c(-c2nc(Cc3ccccc3F)c3ncccn23)n1. The van der Waals surface area contributed by atoms with Gasteiger partial charge in [0.1, 0.15) is 11.6 Å². The largest absolute Gasteiger partial charge is 0.281 e. The van der Waals surface area contributed by atoms with Gasteiger partial charge in [0.2, 0.25) is 0 Å². The number of nitrogens with zero attached hydrogens (tertiary/aromatic N) is 5. The van der Waals surface area contributed by atoms with Gasteiger partial charge in [0.15, 0.2) is 17.3 Å². The first kappa shape index (κ1) is 13.6. The molecule has 0 radical (unpaired) electrons. The third-order valence-electron chi connectivity index (χ3n) is 3.60. The molecule has 23 heavy (non-hydrogen) atoms. The van der Waals surface area contributed by atoms with Crippen molar-refractivity contribution in [1.82, 2.24) is 29.5 Å². The molecule has 0 bridgehead atoms. The van der Waals surface area contributed by atoms with E-state index in [1.807, 2.05) is 22.7 Å². The van der Waals surface area contributed by atoms with Gasteiger partial charge in [-0.15, -0.1) is 0 Å². The molecule has 1 N–H and O–H groups in total.